The van der Waals surface area contributed by atoms with Crippen molar-refractivity contribution in [1.82, 2.24) is 4.90 Å². The van der Waals surface area contributed by atoms with Crippen LogP contribution in [0.1, 0.15) is 23.6 Å². The van der Waals surface area contributed by atoms with Gasteiger partial charge in [0.15, 0.2) is 0 Å². The Hall–Kier alpha value is -2.50. The van der Waals surface area contributed by atoms with E-state index in [1.54, 1.807) is 0 Å². The normalized spacial score (nSPS) is 22.5. The topological polar surface area (TPSA) is 41.9 Å². The molecule has 0 spiro atoms. The third kappa shape index (κ3) is 5.81. The zero-order chi connectivity index (χ0) is 21.5. The fourth-order valence-electron chi connectivity index (χ4n) is 4.35. The average Bonchev–Trinajstić information content (AvgIpc) is 3.15. The molecule has 3 aromatic carbocycles. The Morgan fingerprint density at radius 2 is 1.26 bits per heavy atom. The Morgan fingerprint density at radius 3 is 1.77 bits per heavy atom. The molecule has 1 heterocycles. The summed E-state index contributed by atoms with van der Waals surface area (Å²) in [6.07, 6.45) is -0.866. The Balaban J connectivity index is 1.51. The van der Waals surface area contributed by atoms with Gasteiger partial charge in [-0.05, 0) is 23.6 Å². The van der Waals surface area contributed by atoms with Crippen molar-refractivity contribution in [2.75, 3.05) is 6.54 Å². The summed E-state index contributed by atoms with van der Waals surface area (Å²) in [6.45, 7) is 4.35. The van der Waals surface area contributed by atoms with Gasteiger partial charge in [-0.25, -0.2) is 0 Å². The van der Waals surface area contributed by atoms with Gasteiger partial charge in [0.2, 0.25) is 0 Å². The number of benzene rings is 3. The van der Waals surface area contributed by atoms with Crippen molar-refractivity contribution in [3.05, 3.63) is 108 Å². The summed E-state index contributed by atoms with van der Waals surface area (Å²) < 4.78 is 12.8. The molecule has 1 N–H and O–H groups in total. The Bertz CT molecular complexity index is 902. The molecule has 0 aromatic heterocycles. The van der Waals surface area contributed by atoms with E-state index in [0.29, 0.717) is 13.2 Å². The number of rotatable bonds is 9. The lowest BCUT2D eigenvalue weighted by Gasteiger charge is -2.30. The monoisotopic (exact) mass is 417 g/mol. The molecule has 162 valence electrons. The molecule has 4 rings (SSSR count). The van der Waals surface area contributed by atoms with Crippen molar-refractivity contribution in [2.24, 2.45) is 0 Å². The van der Waals surface area contributed by atoms with Gasteiger partial charge in [-0.15, -0.1) is 0 Å². The van der Waals surface area contributed by atoms with Gasteiger partial charge in [-0.2, -0.15) is 0 Å². The van der Waals surface area contributed by atoms with Gasteiger partial charge in [0.05, 0.1) is 31.5 Å². The van der Waals surface area contributed by atoms with Crippen molar-refractivity contribution in [1.29, 1.82) is 0 Å². The molecule has 0 radical (unpaired) electrons. The van der Waals surface area contributed by atoms with Crippen LogP contribution >= 0.6 is 0 Å². The van der Waals surface area contributed by atoms with Gasteiger partial charge < -0.3 is 14.6 Å². The Labute approximate surface area is 185 Å². The van der Waals surface area contributed by atoms with Crippen molar-refractivity contribution >= 4 is 0 Å². The van der Waals surface area contributed by atoms with Gasteiger partial charge in [-0.3, -0.25) is 4.90 Å². The molecule has 1 saturated heterocycles. The molecule has 31 heavy (non-hydrogen) atoms. The molecule has 1 fully saturated rings. The minimum atomic E-state index is -0.533. The number of aliphatic hydroxyl groups is 1. The minimum Gasteiger partial charge on any atom is -0.392 e. The van der Waals surface area contributed by atoms with Crippen LogP contribution in [-0.4, -0.2) is 40.9 Å². The molecular weight excluding hydrogens is 386 g/mol. The summed E-state index contributed by atoms with van der Waals surface area (Å²) >= 11 is 0. The molecule has 0 amide bonds. The number of nitrogens with zero attached hydrogens (tertiary/aromatic N) is 1. The maximum Gasteiger partial charge on any atom is 0.103 e. The van der Waals surface area contributed by atoms with Crippen molar-refractivity contribution in [2.45, 2.75) is 51.0 Å². The summed E-state index contributed by atoms with van der Waals surface area (Å²) in [5.41, 5.74) is 3.48. The molecule has 4 nitrogen and oxygen atoms in total. The second kappa shape index (κ2) is 10.7. The standard InChI is InChI=1S/C27H31NO3/c1-21(29)26-27(31-20-24-15-9-4-10-16-24)25(30-19-23-13-7-3-8-14-23)18-28(26)17-22-11-5-2-6-12-22/h2-16,21,25-27,29H,17-20H2,1H3/t21-,25+,26-,27-/m0/s1. The van der Waals surface area contributed by atoms with E-state index in [2.05, 4.69) is 53.4 Å². The minimum absolute atomic E-state index is 0.118. The van der Waals surface area contributed by atoms with Crippen LogP contribution in [0.4, 0.5) is 0 Å². The van der Waals surface area contributed by atoms with E-state index >= 15 is 0 Å². The predicted octanol–water partition coefficient (Wildman–Crippen LogP) is 4.42. The van der Waals surface area contributed by atoms with Crippen LogP contribution in [0.25, 0.3) is 0 Å². The molecule has 4 atom stereocenters. The Morgan fingerprint density at radius 1 is 0.774 bits per heavy atom. The fraction of sp³-hybridized carbons (Fsp3) is 0.333. The van der Waals surface area contributed by atoms with Gasteiger partial charge in [0, 0.05) is 13.1 Å². The maximum absolute atomic E-state index is 10.7. The first kappa shape index (κ1) is 21.7. The zero-order valence-corrected chi connectivity index (χ0v) is 18.0. The van der Waals surface area contributed by atoms with Gasteiger partial charge >= 0.3 is 0 Å². The van der Waals surface area contributed by atoms with Crippen LogP contribution < -0.4 is 0 Å². The molecule has 0 saturated carbocycles. The third-order valence-electron chi connectivity index (χ3n) is 5.85. The number of ether oxygens (including phenoxy) is 2. The lowest BCUT2D eigenvalue weighted by atomic mass is 10.0. The van der Waals surface area contributed by atoms with Crippen LogP contribution in [0.15, 0.2) is 91.0 Å². The molecule has 0 aliphatic carbocycles. The smallest absolute Gasteiger partial charge is 0.103 e. The first-order chi connectivity index (χ1) is 15.2. The van der Waals surface area contributed by atoms with Crippen molar-refractivity contribution < 1.29 is 14.6 Å². The second-order valence-corrected chi connectivity index (χ2v) is 8.24. The highest BCUT2D eigenvalue weighted by Gasteiger charge is 2.45. The van der Waals surface area contributed by atoms with Crippen LogP contribution in [0.5, 0.6) is 0 Å². The summed E-state index contributed by atoms with van der Waals surface area (Å²) in [4.78, 5) is 2.30. The summed E-state index contributed by atoms with van der Waals surface area (Å²) in [5.74, 6) is 0. The molecule has 1 aliphatic rings. The number of aliphatic hydroxyl groups excluding tert-OH is 1. The van der Waals surface area contributed by atoms with Crippen LogP contribution in [0, 0.1) is 0 Å². The Kier molecular flexibility index (Phi) is 7.49. The lowest BCUT2D eigenvalue weighted by molar-refractivity contribution is -0.0857. The fourth-order valence-corrected chi connectivity index (χ4v) is 4.35. The molecule has 0 bridgehead atoms. The second-order valence-electron chi connectivity index (χ2n) is 8.24. The van der Waals surface area contributed by atoms with E-state index in [-0.39, 0.29) is 18.2 Å². The quantitative estimate of drug-likeness (QED) is 0.560. The SMILES string of the molecule is C[C@H](O)[C@H]1[C@@H](OCc2ccccc2)[C@H](OCc2ccccc2)CN1Cc1ccccc1. The van der Waals surface area contributed by atoms with Crippen molar-refractivity contribution in [3.63, 3.8) is 0 Å². The van der Waals surface area contributed by atoms with Crippen LogP contribution in [-0.2, 0) is 29.2 Å². The first-order valence-electron chi connectivity index (χ1n) is 11.0. The van der Waals surface area contributed by atoms with E-state index in [1.165, 1.54) is 5.56 Å². The third-order valence-corrected chi connectivity index (χ3v) is 5.85. The van der Waals surface area contributed by atoms with E-state index in [4.69, 9.17) is 9.47 Å². The highest BCUT2D eigenvalue weighted by Crippen LogP contribution is 2.29. The van der Waals surface area contributed by atoms with Crippen LogP contribution in [0.3, 0.4) is 0 Å². The average molecular weight is 418 g/mol. The molecular formula is C27H31NO3. The summed E-state index contributed by atoms with van der Waals surface area (Å²) in [6, 6.07) is 30.6. The number of hydrogen-bond donors (Lipinski definition) is 1. The van der Waals surface area contributed by atoms with E-state index in [9.17, 15) is 5.11 Å². The first-order valence-corrected chi connectivity index (χ1v) is 11.0. The van der Waals surface area contributed by atoms with Crippen molar-refractivity contribution in [3.8, 4) is 0 Å². The van der Waals surface area contributed by atoms with E-state index in [1.807, 2.05) is 49.4 Å². The maximum atomic E-state index is 10.7. The predicted molar refractivity (Wildman–Crippen MR) is 122 cm³/mol. The summed E-state index contributed by atoms with van der Waals surface area (Å²) in [5, 5.41) is 10.7. The van der Waals surface area contributed by atoms with Crippen LogP contribution in [0.2, 0.25) is 0 Å². The number of likely N-dealkylation sites (tertiary alicyclic amines) is 1. The summed E-state index contributed by atoms with van der Waals surface area (Å²) in [7, 11) is 0. The molecule has 0 unspecified atom stereocenters. The highest BCUT2D eigenvalue weighted by atomic mass is 16.5. The lowest BCUT2D eigenvalue weighted by Crippen LogP contribution is -2.45. The van der Waals surface area contributed by atoms with Gasteiger partial charge in [-0.1, -0.05) is 91.0 Å². The highest BCUT2D eigenvalue weighted by molar-refractivity contribution is 5.17. The van der Waals surface area contributed by atoms with E-state index < -0.39 is 6.10 Å². The van der Waals surface area contributed by atoms with E-state index in [0.717, 1.165) is 24.2 Å². The zero-order valence-electron chi connectivity index (χ0n) is 18.0. The van der Waals surface area contributed by atoms with Gasteiger partial charge in [0.25, 0.3) is 0 Å². The number of hydrogen-bond acceptors (Lipinski definition) is 4. The molecule has 1 aliphatic heterocycles. The molecule has 3 aromatic rings. The molecule has 4 heteroatoms. The van der Waals surface area contributed by atoms with Gasteiger partial charge in [0.1, 0.15) is 6.10 Å². The largest absolute Gasteiger partial charge is 0.392 e.